The number of methoxy groups -OCH3 is 2. The van der Waals surface area contributed by atoms with Gasteiger partial charge >= 0.3 is 0 Å². The summed E-state index contributed by atoms with van der Waals surface area (Å²) in [7, 11) is 3.05. The Morgan fingerprint density at radius 1 is 1.08 bits per heavy atom. The van der Waals surface area contributed by atoms with Crippen LogP contribution in [0.5, 0.6) is 11.5 Å². The maximum Gasteiger partial charge on any atom is 0.252 e. The van der Waals surface area contributed by atoms with Gasteiger partial charge in [0.25, 0.3) is 5.91 Å². The summed E-state index contributed by atoms with van der Waals surface area (Å²) in [5.41, 5.74) is 0.386. The van der Waals surface area contributed by atoms with E-state index in [1.807, 2.05) is 13.8 Å². The molecule has 0 bridgehead atoms. The minimum absolute atomic E-state index is 0.0354. The van der Waals surface area contributed by atoms with Crippen LogP contribution in [0.25, 0.3) is 0 Å². The van der Waals surface area contributed by atoms with Crippen molar-refractivity contribution in [3.8, 4) is 11.5 Å². The Morgan fingerprint density at radius 3 is 2.12 bits per heavy atom. The van der Waals surface area contributed by atoms with Crippen molar-refractivity contribution in [2.75, 3.05) is 40.5 Å². The van der Waals surface area contributed by atoms with Crippen molar-refractivity contribution in [1.82, 2.24) is 10.2 Å². The molecular formula is C18H26N2O5. The van der Waals surface area contributed by atoms with Crippen molar-refractivity contribution in [1.29, 1.82) is 0 Å². The van der Waals surface area contributed by atoms with Gasteiger partial charge in [0.1, 0.15) is 17.5 Å². The van der Waals surface area contributed by atoms with Gasteiger partial charge in [-0.15, -0.1) is 0 Å². The second-order valence-electron chi connectivity index (χ2n) is 6.23. The molecule has 1 aromatic rings. The first-order chi connectivity index (χ1) is 12.0. The number of hydrogen-bond acceptors (Lipinski definition) is 5. The van der Waals surface area contributed by atoms with Crippen molar-refractivity contribution in [3.05, 3.63) is 23.8 Å². The van der Waals surface area contributed by atoms with E-state index in [-0.39, 0.29) is 17.7 Å². The van der Waals surface area contributed by atoms with Crippen LogP contribution in [0.3, 0.4) is 0 Å². The fourth-order valence-electron chi connectivity index (χ4n) is 2.66. The molecule has 0 saturated carbocycles. The molecule has 138 valence electrons. The van der Waals surface area contributed by atoms with E-state index >= 15 is 0 Å². The van der Waals surface area contributed by atoms with E-state index in [0.29, 0.717) is 43.4 Å². The van der Waals surface area contributed by atoms with Gasteiger partial charge < -0.3 is 24.4 Å². The Morgan fingerprint density at radius 2 is 1.64 bits per heavy atom. The number of rotatable bonds is 6. The maximum atomic E-state index is 12.8. The van der Waals surface area contributed by atoms with E-state index < -0.39 is 6.04 Å². The number of hydrogen-bond donors (Lipinski definition) is 1. The van der Waals surface area contributed by atoms with Gasteiger partial charge in [0.05, 0.1) is 27.4 Å². The molecule has 7 heteroatoms. The topological polar surface area (TPSA) is 77.1 Å². The van der Waals surface area contributed by atoms with Crippen LogP contribution in [-0.4, -0.2) is 63.3 Å². The molecule has 25 heavy (non-hydrogen) atoms. The van der Waals surface area contributed by atoms with Crippen LogP contribution in [0.15, 0.2) is 18.2 Å². The molecule has 1 aromatic carbocycles. The average molecular weight is 350 g/mol. The Hall–Kier alpha value is -2.28. The molecule has 2 rings (SSSR count). The Labute approximate surface area is 148 Å². The van der Waals surface area contributed by atoms with Crippen LogP contribution in [0.2, 0.25) is 0 Å². The summed E-state index contributed by atoms with van der Waals surface area (Å²) < 4.78 is 15.7. The van der Waals surface area contributed by atoms with E-state index in [1.54, 1.807) is 23.1 Å². The number of nitrogens with zero attached hydrogens (tertiary/aromatic N) is 1. The molecule has 0 aromatic heterocycles. The predicted octanol–water partition coefficient (Wildman–Crippen LogP) is 1.32. The van der Waals surface area contributed by atoms with Crippen molar-refractivity contribution in [2.24, 2.45) is 5.92 Å². The third-order valence-electron chi connectivity index (χ3n) is 4.16. The molecule has 7 nitrogen and oxygen atoms in total. The minimum atomic E-state index is -0.595. The number of nitrogens with one attached hydrogen (secondary N) is 1. The van der Waals surface area contributed by atoms with Gasteiger partial charge in [0.15, 0.2) is 0 Å². The second-order valence-corrected chi connectivity index (χ2v) is 6.23. The average Bonchev–Trinajstić information content (AvgIpc) is 2.65. The smallest absolute Gasteiger partial charge is 0.252 e. The first-order valence-corrected chi connectivity index (χ1v) is 8.36. The number of morpholine rings is 1. The molecule has 1 aliphatic heterocycles. The molecule has 1 N–H and O–H groups in total. The highest BCUT2D eigenvalue weighted by atomic mass is 16.5. The molecule has 0 aliphatic carbocycles. The van der Waals surface area contributed by atoms with E-state index in [0.717, 1.165) is 0 Å². The Kier molecular flexibility index (Phi) is 6.64. The fourth-order valence-corrected chi connectivity index (χ4v) is 2.66. The van der Waals surface area contributed by atoms with Gasteiger partial charge in [0, 0.05) is 24.7 Å². The predicted molar refractivity (Wildman–Crippen MR) is 93.0 cm³/mol. The highest BCUT2D eigenvalue weighted by Gasteiger charge is 2.30. The quantitative estimate of drug-likeness (QED) is 0.837. The first kappa shape index (κ1) is 19.1. The number of carbonyl (C=O) groups is 2. The number of benzene rings is 1. The van der Waals surface area contributed by atoms with Crippen molar-refractivity contribution in [3.63, 3.8) is 0 Å². The monoisotopic (exact) mass is 350 g/mol. The van der Waals surface area contributed by atoms with Crippen LogP contribution in [0.1, 0.15) is 24.2 Å². The molecule has 0 radical (unpaired) electrons. The second kappa shape index (κ2) is 8.71. The molecule has 1 atom stereocenters. The van der Waals surface area contributed by atoms with E-state index in [2.05, 4.69) is 5.32 Å². The lowest BCUT2D eigenvalue weighted by molar-refractivity contribution is -0.138. The molecule has 2 amide bonds. The van der Waals surface area contributed by atoms with E-state index in [9.17, 15) is 9.59 Å². The lowest BCUT2D eigenvalue weighted by atomic mass is 10.0. The zero-order valence-corrected chi connectivity index (χ0v) is 15.2. The van der Waals surface area contributed by atoms with Crippen molar-refractivity contribution in [2.45, 2.75) is 19.9 Å². The summed E-state index contributed by atoms with van der Waals surface area (Å²) in [6.07, 6.45) is 0. The van der Waals surface area contributed by atoms with Crippen molar-refractivity contribution >= 4 is 11.8 Å². The summed E-state index contributed by atoms with van der Waals surface area (Å²) in [6.45, 7) is 5.97. The molecule has 1 fully saturated rings. The summed E-state index contributed by atoms with van der Waals surface area (Å²) in [4.78, 5) is 27.2. The number of amides is 2. The third-order valence-corrected chi connectivity index (χ3v) is 4.16. The maximum absolute atomic E-state index is 12.8. The standard InChI is InChI=1S/C18H26N2O5/c1-12(2)16(18(22)20-5-7-25-8-6-20)19-17(21)13-9-14(23-3)11-15(10-13)24-4/h9-12,16H,5-8H2,1-4H3,(H,19,21)/t16-/m0/s1. The number of ether oxygens (including phenoxy) is 3. The van der Waals surface area contributed by atoms with Gasteiger partial charge in [-0.3, -0.25) is 9.59 Å². The lowest BCUT2D eigenvalue weighted by Gasteiger charge is -2.32. The molecule has 0 unspecified atom stereocenters. The van der Waals surface area contributed by atoms with Gasteiger partial charge in [-0.2, -0.15) is 0 Å². The normalized spacial score (nSPS) is 15.6. The van der Waals surface area contributed by atoms with Gasteiger partial charge in [-0.25, -0.2) is 0 Å². The van der Waals surface area contributed by atoms with Crippen LogP contribution < -0.4 is 14.8 Å². The van der Waals surface area contributed by atoms with Gasteiger partial charge in [0.2, 0.25) is 5.91 Å². The summed E-state index contributed by atoms with van der Waals surface area (Å²) in [6, 6.07) is 4.33. The fraction of sp³-hybridized carbons (Fsp3) is 0.556. The molecule has 0 spiro atoms. The van der Waals surface area contributed by atoms with E-state index in [4.69, 9.17) is 14.2 Å². The molecule has 1 aliphatic rings. The third kappa shape index (κ3) is 4.85. The van der Waals surface area contributed by atoms with Crippen LogP contribution in [-0.2, 0) is 9.53 Å². The SMILES string of the molecule is COc1cc(OC)cc(C(=O)N[C@H](C(=O)N2CCOCC2)C(C)C)c1. The van der Waals surface area contributed by atoms with Gasteiger partial charge in [-0.05, 0) is 18.1 Å². The van der Waals surface area contributed by atoms with Crippen LogP contribution in [0, 0.1) is 5.92 Å². The zero-order chi connectivity index (χ0) is 18.4. The molecular weight excluding hydrogens is 324 g/mol. The van der Waals surface area contributed by atoms with Crippen LogP contribution in [0.4, 0.5) is 0 Å². The Bertz CT molecular complexity index is 589. The summed E-state index contributed by atoms with van der Waals surface area (Å²) >= 11 is 0. The minimum Gasteiger partial charge on any atom is -0.497 e. The lowest BCUT2D eigenvalue weighted by Crippen LogP contribution is -2.53. The summed E-state index contributed by atoms with van der Waals surface area (Å²) in [5.74, 6) is 0.584. The van der Waals surface area contributed by atoms with Crippen LogP contribution >= 0.6 is 0 Å². The molecule has 1 saturated heterocycles. The van der Waals surface area contributed by atoms with Gasteiger partial charge in [-0.1, -0.05) is 13.8 Å². The zero-order valence-electron chi connectivity index (χ0n) is 15.2. The van der Waals surface area contributed by atoms with E-state index in [1.165, 1.54) is 14.2 Å². The summed E-state index contributed by atoms with van der Waals surface area (Å²) in [5, 5.41) is 2.85. The first-order valence-electron chi connectivity index (χ1n) is 8.36. The van der Waals surface area contributed by atoms with Crippen molar-refractivity contribution < 1.29 is 23.8 Å². The highest BCUT2D eigenvalue weighted by molar-refractivity contribution is 5.98. The Balaban J connectivity index is 2.16. The number of carbonyl (C=O) groups excluding carboxylic acids is 2. The molecule has 1 heterocycles. The largest absolute Gasteiger partial charge is 0.497 e. The highest BCUT2D eigenvalue weighted by Crippen LogP contribution is 2.22.